The lowest BCUT2D eigenvalue weighted by Gasteiger charge is -2.24. The Morgan fingerprint density at radius 1 is 1.55 bits per heavy atom. The zero-order chi connectivity index (χ0) is 15.1. The summed E-state index contributed by atoms with van der Waals surface area (Å²) in [6.45, 7) is 1.44. The van der Waals surface area contributed by atoms with Crippen LogP contribution >= 0.6 is 0 Å². The predicted octanol–water partition coefficient (Wildman–Crippen LogP) is 1.62. The van der Waals surface area contributed by atoms with E-state index < -0.39 is 0 Å². The third-order valence-electron chi connectivity index (χ3n) is 4.16. The minimum atomic E-state index is -0.0508. The minimum absolute atomic E-state index is 0.0508. The van der Waals surface area contributed by atoms with E-state index >= 15 is 0 Å². The maximum absolute atomic E-state index is 12.6. The van der Waals surface area contributed by atoms with E-state index in [1.54, 1.807) is 12.0 Å². The number of aromatic nitrogens is 3. The number of hydrogen-bond acceptors (Lipinski definition) is 5. The van der Waals surface area contributed by atoms with Crippen molar-refractivity contribution in [2.75, 3.05) is 13.7 Å². The van der Waals surface area contributed by atoms with Gasteiger partial charge >= 0.3 is 0 Å². The van der Waals surface area contributed by atoms with Gasteiger partial charge in [0, 0.05) is 31.7 Å². The summed E-state index contributed by atoms with van der Waals surface area (Å²) in [5.74, 6) is 1.94. The largest absolute Gasteiger partial charge is 0.443 e. The van der Waals surface area contributed by atoms with Crippen LogP contribution in [-0.4, -0.2) is 39.6 Å². The summed E-state index contributed by atoms with van der Waals surface area (Å²) in [6, 6.07) is 1.88. The van der Waals surface area contributed by atoms with Crippen LogP contribution in [-0.2, 0) is 24.3 Å². The van der Waals surface area contributed by atoms with Gasteiger partial charge in [0.15, 0.2) is 0 Å². The molecule has 7 heteroatoms. The van der Waals surface area contributed by atoms with E-state index in [9.17, 15) is 4.79 Å². The number of fused-ring (bicyclic) bond motifs is 1. The summed E-state index contributed by atoms with van der Waals surface area (Å²) in [4.78, 5) is 18.7. The first-order valence-corrected chi connectivity index (χ1v) is 7.55. The summed E-state index contributed by atoms with van der Waals surface area (Å²) in [6.07, 6.45) is 3.05. The van der Waals surface area contributed by atoms with Crippen molar-refractivity contribution in [2.45, 2.75) is 38.3 Å². The molecule has 3 heterocycles. The Labute approximate surface area is 127 Å². The molecule has 0 atom stereocenters. The fraction of sp³-hybridized carbons (Fsp3) is 0.533. The molecule has 0 spiro atoms. The summed E-state index contributed by atoms with van der Waals surface area (Å²) >= 11 is 0. The first kappa shape index (κ1) is 13.5. The molecule has 1 saturated carbocycles. The van der Waals surface area contributed by atoms with E-state index in [0.717, 1.165) is 17.1 Å². The Morgan fingerprint density at radius 3 is 3.18 bits per heavy atom. The summed E-state index contributed by atoms with van der Waals surface area (Å²) in [5.41, 5.74) is 2.39. The van der Waals surface area contributed by atoms with Gasteiger partial charge in [0.05, 0.1) is 6.54 Å². The van der Waals surface area contributed by atoms with Crippen molar-refractivity contribution in [3.63, 3.8) is 0 Å². The number of aromatic amines is 1. The Hall–Kier alpha value is -2.15. The molecule has 2 aliphatic rings. The highest BCUT2D eigenvalue weighted by Gasteiger charge is 2.30. The monoisotopic (exact) mass is 302 g/mol. The topological polar surface area (TPSA) is 84.3 Å². The number of carbonyl (C=O) groups excluding carboxylic acids is 1. The first-order chi connectivity index (χ1) is 10.7. The van der Waals surface area contributed by atoms with Crippen LogP contribution in [0.2, 0.25) is 0 Å². The van der Waals surface area contributed by atoms with Gasteiger partial charge in [0.25, 0.3) is 5.91 Å². The molecule has 0 saturated heterocycles. The second-order valence-electron chi connectivity index (χ2n) is 5.87. The van der Waals surface area contributed by atoms with Crippen LogP contribution in [0.5, 0.6) is 0 Å². The van der Waals surface area contributed by atoms with Gasteiger partial charge in [0.1, 0.15) is 23.8 Å². The van der Waals surface area contributed by atoms with Crippen molar-refractivity contribution in [2.24, 2.45) is 0 Å². The number of carbonyl (C=O) groups is 1. The number of nitrogens with one attached hydrogen (secondary N) is 1. The minimum Gasteiger partial charge on any atom is -0.443 e. The quantitative estimate of drug-likeness (QED) is 0.927. The van der Waals surface area contributed by atoms with Crippen molar-refractivity contribution < 1.29 is 13.9 Å². The molecule has 2 aromatic heterocycles. The van der Waals surface area contributed by atoms with E-state index in [1.807, 2.05) is 6.07 Å². The SMILES string of the molecule is COCc1nc2c(o1)CCN(C(=O)c1cc(C3CC3)[nH]n1)C2. The number of ether oxygens (including phenoxy) is 1. The van der Waals surface area contributed by atoms with Gasteiger partial charge in [-0.25, -0.2) is 4.98 Å². The van der Waals surface area contributed by atoms with Crippen molar-refractivity contribution in [1.82, 2.24) is 20.1 Å². The van der Waals surface area contributed by atoms with Gasteiger partial charge < -0.3 is 14.1 Å². The molecule has 22 heavy (non-hydrogen) atoms. The summed E-state index contributed by atoms with van der Waals surface area (Å²) in [5, 5.41) is 7.14. The maximum atomic E-state index is 12.6. The molecule has 4 rings (SSSR count). The Balaban J connectivity index is 1.49. The molecule has 0 radical (unpaired) electrons. The lowest BCUT2D eigenvalue weighted by atomic mass is 10.1. The van der Waals surface area contributed by atoms with Gasteiger partial charge in [-0.05, 0) is 18.9 Å². The molecule has 1 aliphatic heterocycles. The van der Waals surface area contributed by atoms with Crippen LogP contribution < -0.4 is 0 Å². The van der Waals surface area contributed by atoms with Gasteiger partial charge in [-0.15, -0.1) is 0 Å². The lowest BCUT2D eigenvalue weighted by molar-refractivity contribution is 0.0721. The third kappa shape index (κ3) is 2.41. The van der Waals surface area contributed by atoms with Gasteiger partial charge in [0.2, 0.25) is 5.89 Å². The number of H-pyrrole nitrogens is 1. The summed E-state index contributed by atoms with van der Waals surface area (Å²) < 4.78 is 10.7. The molecular weight excluding hydrogens is 284 g/mol. The predicted molar refractivity (Wildman–Crippen MR) is 76.2 cm³/mol. The zero-order valence-electron chi connectivity index (χ0n) is 12.5. The van der Waals surface area contributed by atoms with Crippen LogP contribution in [0.3, 0.4) is 0 Å². The summed E-state index contributed by atoms with van der Waals surface area (Å²) in [7, 11) is 1.61. The molecule has 0 bridgehead atoms. The molecule has 1 aliphatic carbocycles. The highest BCUT2D eigenvalue weighted by molar-refractivity contribution is 5.92. The third-order valence-corrected chi connectivity index (χ3v) is 4.16. The molecule has 0 unspecified atom stereocenters. The number of methoxy groups -OCH3 is 1. The van der Waals surface area contributed by atoms with E-state index in [2.05, 4.69) is 15.2 Å². The van der Waals surface area contributed by atoms with E-state index in [-0.39, 0.29) is 5.91 Å². The fourth-order valence-electron chi connectivity index (χ4n) is 2.82. The number of oxazole rings is 1. The van der Waals surface area contributed by atoms with Gasteiger partial charge in [-0.2, -0.15) is 5.10 Å². The molecule has 116 valence electrons. The second kappa shape index (κ2) is 5.24. The van der Waals surface area contributed by atoms with Crippen molar-refractivity contribution in [3.8, 4) is 0 Å². The van der Waals surface area contributed by atoms with Crippen molar-refractivity contribution in [3.05, 3.63) is 34.8 Å². The average Bonchev–Trinajstić information content (AvgIpc) is 3.11. The molecule has 2 aromatic rings. The Bertz CT molecular complexity index is 701. The van der Waals surface area contributed by atoms with Crippen LogP contribution in [0.1, 0.15) is 52.3 Å². The van der Waals surface area contributed by atoms with Crippen LogP contribution in [0.25, 0.3) is 0 Å². The van der Waals surface area contributed by atoms with Gasteiger partial charge in [-0.3, -0.25) is 9.89 Å². The molecule has 1 amide bonds. The molecular formula is C15H18N4O3. The van der Waals surface area contributed by atoms with Crippen LogP contribution in [0.4, 0.5) is 0 Å². The molecule has 1 N–H and O–H groups in total. The lowest BCUT2D eigenvalue weighted by Crippen LogP contribution is -2.36. The maximum Gasteiger partial charge on any atom is 0.274 e. The fourth-order valence-corrected chi connectivity index (χ4v) is 2.82. The van der Waals surface area contributed by atoms with E-state index in [4.69, 9.17) is 9.15 Å². The Kier molecular flexibility index (Phi) is 3.22. The van der Waals surface area contributed by atoms with Crippen LogP contribution in [0.15, 0.2) is 10.5 Å². The normalized spacial score (nSPS) is 17.6. The van der Waals surface area contributed by atoms with E-state index in [1.165, 1.54) is 12.8 Å². The van der Waals surface area contributed by atoms with E-state index in [0.29, 0.717) is 43.6 Å². The molecule has 0 aromatic carbocycles. The standard InChI is InChI=1S/C15H18N4O3/c1-21-8-14-16-12-7-19(5-4-13(12)22-14)15(20)11-6-10(17-18-11)9-2-3-9/h6,9H,2-5,7-8H2,1H3,(H,17,18). The smallest absolute Gasteiger partial charge is 0.274 e. The van der Waals surface area contributed by atoms with Crippen molar-refractivity contribution in [1.29, 1.82) is 0 Å². The van der Waals surface area contributed by atoms with Gasteiger partial charge in [-0.1, -0.05) is 0 Å². The number of rotatable bonds is 4. The molecule has 7 nitrogen and oxygen atoms in total. The first-order valence-electron chi connectivity index (χ1n) is 7.55. The van der Waals surface area contributed by atoms with Crippen LogP contribution in [0, 0.1) is 0 Å². The highest BCUT2D eigenvalue weighted by atomic mass is 16.5. The zero-order valence-corrected chi connectivity index (χ0v) is 12.5. The second-order valence-corrected chi connectivity index (χ2v) is 5.87. The highest BCUT2D eigenvalue weighted by Crippen LogP contribution is 2.39. The number of nitrogens with zero attached hydrogens (tertiary/aromatic N) is 3. The van der Waals surface area contributed by atoms with Crippen molar-refractivity contribution >= 4 is 5.91 Å². The average molecular weight is 302 g/mol. The number of hydrogen-bond donors (Lipinski definition) is 1. The molecule has 1 fully saturated rings. The Morgan fingerprint density at radius 2 is 2.41 bits per heavy atom. The number of amides is 1.